The number of hydrogen-bond acceptors (Lipinski definition) is 6. The summed E-state index contributed by atoms with van der Waals surface area (Å²) in [6, 6.07) is 0. The fourth-order valence-electron chi connectivity index (χ4n) is 1.40. The summed E-state index contributed by atoms with van der Waals surface area (Å²) in [4.78, 5) is 6.45. The molecule has 0 amide bonds. The molecule has 1 rings (SSSR count). The molecular formula is C11H21N3O3. The minimum atomic E-state index is 0.639. The van der Waals surface area contributed by atoms with E-state index in [9.17, 15) is 0 Å². The minimum absolute atomic E-state index is 0.639. The molecule has 0 aliphatic heterocycles. The minimum Gasteiger partial charge on any atom is -0.383 e. The number of methoxy groups -OCH3 is 2. The van der Waals surface area contributed by atoms with E-state index in [4.69, 9.17) is 14.0 Å². The van der Waals surface area contributed by atoms with Gasteiger partial charge in [0.2, 0.25) is 5.89 Å². The third-order valence-electron chi connectivity index (χ3n) is 2.41. The largest absolute Gasteiger partial charge is 0.383 e. The van der Waals surface area contributed by atoms with Crippen molar-refractivity contribution < 1.29 is 14.0 Å². The summed E-state index contributed by atoms with van der Waals surface area (Å²) in [5.74, 6) is 1.40. The highest BCUT2D eigenvalue weighted by Gasteiger charge is 2.11. The van der Waals surface area contributed by atoms with Crippen molar-refractivity contribution >= 4 is 0 Å². The molecule has 17 heavy (non-hydrogen) atoms. The van der Waals surface area contributed by atoms with Gasteiger partial charge in [-0.15, -0.1) is 0 Å². The molecule has 0 atom stereocenters. The van der Waals surface area contributed by atoms with Crippen LogP contribution in [0, 0.1) is 0 Å². The molecule has 0 aromatic carbocycles. The van der Waals surface area contributed by atoms with Crippen molar-refractivity contribution in [1.82, 2.24) is 15.0 Å². The fourth-order valence-corrected chi connectivity index (χ4v) is 1.40. The zero-order chi connectivity index (χ0) is 12.5. The van der Waals surface area contributed by atoms with Gasteiger partial charge in [0, 0.05) is 33.7 Å². The summed E-state index contributed by atoms with van der Waals surface area (Å²) in [5.41, 5.74) is 0. The number of rotatable bonds is 9. The van der Waals surface area contributed by atoms with Gasteiger partial charge in [-0.1, -0.05) is 12.1 Å². The van der Waals surface area contributed by atoms with Crippen molar-refractivity contribution in [3.05, 3.63) is 11.7 Å². The van der Waals surface area contributed by atoms with E-state index in [1.54, 1.807) is 14.2 Å². The van der Waals surface area contributed by atoms with Crippen LogP contribution in [0.2, 0.25) is 0 Å². The second kappa shape index (κ2) is 8.16. The molecule has 0 aliphatic rings. The Bertz CT molecular complexity index is 296. The zero-order valence-corrected chi connectivity index (χ0v) is 10.8. The maximum Gasteiger partial charge on any atom is 0.240 e. The Kier molecular flexibility index (Phi) is 6.76. The van der Waals surface area contributed by atoms with Crippen LogP contribution in [0.25, 0.3) is 0 Å². The standard InChI is InChI=1S/C11H21N3O3/c1-4-10-12-11(17-13-10)9-14(5-7-15-2)6-8-16-3/h4-9H2,1-3H3. The average Bonchev–Trinajstić information content (AvgIpc) is 2.80. The van der Waals surface area contributed by atoms with Gasteiger partial charge in [-0.25, -0.2) is 0 Å². The summed E-state index contributed by atoms with van der Waals surface area (Å²) in [6.07, 6.45) is 0.791. The average molecular weight is 243 g/mol. The molecular weight excluding hydrogens is 222 g/mol. The third kappa shape index (κ3) is 5.25. The van der Waals surface area contributed by atoms with Crippen LogP contribution in [0.3, 0.4) is 0 Å². The fraction of sp³-hybridized carbons (Fsp3) is 0.818. The number of ether oxygens (including phenoxy) is 2. The van der Waals surface area contributed by atoms with E-state index in [1.807, 2.05) is 6.92 Å². The van der Waals surface area contributed by atoms with Crippen LogP contribution >= 0.6 is 0 Å². The van der Waals surface area contributed by atoms with Crippen molar-refractivity contribution in [1.29, 1.82) is 0 Å². The van der Waals surface area contributed by atoms with Crippen LogP contribution in [-0.4, -0.2) is 55.6 Å². The van der Waals surface area contributed by atoms with Gasteiger partial charge < -0.3 is 14.0 Å². The molecule has 0 radical (unpaired) electrons. The smallest absolute Gasteiger partial charge is 0.240 e. The molecule has 6 nitrogen and oxygen atoms in total. The lowest BCUT2D eigenvalue weighted by Gasteiger charge is -2.19. The molecule has 0 fully saturated rings. The summed E-state index contributed by atoms with van der Waals surface area (Å²) in [5, 5.41) is 3.87. The normalized spacial score (nSPS) is 11.3. The zero-order valence-electron chi connectivity index (χ0n) is 10.8. The summed E-state index contributed by atoms with van der Waals surface area (Å²) in [6.45, 7) is 5.65. The molecule has 0 saturated heterocycles. The van der Waals surface area contributed by atoms with Crippen LogP contribution in [0.1, 0.15) is 18.6 Å². The number of hydrogen-bond donors (Lipinski definition) is 0. The molecule has 0 spiro atoms. The maximum atomic E-state index is 5.16. The Morgan fingerprint density at radius 3 is 2.29 bits per heavy atom. The summed E-state index contributed by atoms with van der Waals surface area (Å²) in [7, 11) is 3.38. The van der Waals surface area contributed by atoms with Gasteiger partial charge in [0.15, 0.2) is 5.82 Å². The van der Waals surface area contributed by atoms with Gasteiger partial charge >= 0.3 is 0 Å². The van der Waals surface area contributed by atoms with E-state index in [-0.39, 0.29) is 0 Å². The Hall–Kier alpha value is -0.980. The maximum absolute atomic E-state index is 5.16. The highest BCUT2D eigenvalue weighted by Crippen LogP contribution is 2.03. The Balaban J connectivity index is 2.45. The van der Waals surface area contributed by atoms with E-state index < -0.39 is 0 Å². The van der Waals surface area contributed by atoms with Crippen molar-refractivity contribution in [2.45, 2.75) is 19.9 Å². The van der Waals surface area contributed by atoms with Crippen molar-refractivity contribution in [3.63, 3.8) is 0 Å². The molecule has 6 heteroatoms. The first kappa shape index (κ1) is 14.1. The first-order valence-corrected chi connectivity index (χ1v) is 5.81. The first-order valence-electron chi connectivity index (χ1n) is 5.81. The quantitative estimate of drug-likeness (QED) is 0.637. The number of nitrogens with zero attached hydrogens (tertiary/aromatic N) is 3. The molecule has 0 unspecified atom stereocenters. The van der Waals surface area contributed by atoms with Gasteiger partial charge in [0.25, 0.3) is 0 Å². The molecule has 0 N–H and O–H groups in total. The van der Waals surface area contributed by atoms with Crippen molar-refractivity contribution in [2.24, 2.45) is 0 Å². The van der Waals surface area contributed by atoms with Gasteiger partial charge in [0.05, 0.1) is 19.8 Å². The van der Waals surface area contributed by atoms with Crippen LogP contribution < -0.4 is 0 Å². The van der Waals surface area contributed by atoms with Crippen LogP contribution in [0.15, 0.2) is 4.52 Å². The molecule has 1 heterocycles. The highest BCUT2D eigenvalue weighted by molar-refractivity contribution is 4.85. The highest BCUT2D eigenvalue weighted by atomic mass is 16.5. The second-order valence-corrected chi connectivity index (χ2v) is 3.72. The Morgan fingerprint density at radius 2 is 1.82 bits per heavy atom. The molecule has 0 aliphatic carbocycles. The third-order valence-corrected chi connectivity index (χ3v) is 2.41. The molecule has 1 aromatic rings. The van der Waals surface area contributed by atoms with Crippen LogP contribution in [0.4, 0.5) is 0 Å². The van der Waals surface area contributed by atoms with Crippen LogP contribution in [-0.2, 0) is 22.4 Å². The topological polar surface area (TPSA) is 60.6 Å². The lowest BCUT2D eigenvalue weighted by atomic mass is 10.4. The lowest BCUT2D eigenvalue weighted by molar-refractivity contribution is 0.103. The lowest BCUT2D eigenvalue weighted by Crippen LogP contribution is -2.30. The van der Waals surface area contributed by atoms with E-state index in [0.29, 0.717) is 25.6 Å². The Labute approximate surface area is 102 Å². The van der Waals surface area contributed by atoms with E-state index in [1.165, 1.54) is 0 Å². The van der Waals surface area contributed by atoms with Gasteiger partial charge in [-0.3, -0.25) is 4.90 Å². The monoisotopic (exact) mass is 243 g/mol. The van der Waals surface area contributed by atoms with Gasteiger partial charge in [-0.05, 0) is 0 Å². The van der Waals surface area contributed by atoms with E-state index >= 15 is 0 Å². The molecule has 98 valence electrons. The van der Waals surface area contributed by atoms with Crippen molar-refractivity contribution in [2.75, 3.05) is 40.5 Å². The van der Waals surface area contributed by atoms with E-state index in [2.05, 4.69) is 15.0 Å². The van der Waals surface area contributed by atoms with Gasteiger partial charge in [0.1, 0.15) is 0 Å². The number of aryl methyl sites for hydroxylation is 1. The number of aromatic nitrogens is 2. The van der Waals surface area contributed by atoms with E-state index in [0.717, 1.165) is 25.3 Å². The van der Waals surface area contributed by atoms with Crippen molar-refractivity contribution in [3.8, 4) is 0 Å². The molecule has 0 saturated carbocycles. The van der Waals surface area contributed by atoms with Gasteiger partial charge in [-0.2, -0.15) is 4.98 Å². The second-order valence-electron chi connectivity index (χ2n) is 3.72. The van der Waals surface area contributed by atoms with Crippen LogP contribution in [0.5, 0.6) is 0 Å². The Morgan fingerprint density at radius 1 is 1.18 bits per heavy atom. The SMILES string of the molecule is CCc1noc(CN(CCOC)CCOC)n1. The summed E-state index contributed by atoms with van der Waals surface area (Å²) < 4.78 is 15.3. The molecule has 1 aromatic heterocycles. The predicted molar refractivity (Wildman–Crippen MR) is 62.7 cm³/mol. The predicted octanol–water partition coefficient (Wildman–Crippen LogP) is 0.727. The first-order chi connectivity index (χ1) is 8.30. The molecule has 0 bridgehead atoms. The summed E-state index contributed by atoms with van der Waals surface area (Å²) >= 11 is 0.